The largest absolute Gasteiger partial charge is 0.353 e. The van der Waals surface area contributed by atoms with E-state index in [9.17, 15) is 10.1 Å². The maximum Gasteiger partial charge on any atom is 0.353 e. The second-order valence-electron chi connectivity index (χ2n) is 6.56. The van der Waals surface area contributed by atoms with Gasteiger partial charge in [-0.25, -0.2) is 9.97 Å². The van der Waals surface area contributed by atoms with Crippen molar-refractivity contribution in [2.75, 3.05) is 10.6 Å². The molecule has 2 aromatic carbocycles. The van der Waals surface area contributed by atoms with Gasteiger partial charge in [-0.05, 0) is 62.1 Å². The molecule has 2 N–H and O–H groups in total. The normalized spacial score (nSPS) is 10.5. The Hall–Kier alpha value is -3.48. The monoisotopic (exact) mass is 363 g/mol. The minimum atomic E-state index is -0.471. The van der Waals surface area contributed by atoms with Gasteiger partial charge in [0.05, 0.1) is 4.92 Å². The minimum absolute atomic E-state index is 0.150. The third-order valence-electron chi connectivity index (χ3n) is 4.30. The minimum Gasteiger partial charge on any atom is -0.334 e. The fourth-order valence-electron chi connectivity index (χ4n) is 2.73. The molecule has 1 aromatic heterocycles. The molecule has 0 atom stereocenters. The lowest BCUT2D eigenvalue weighted by molar-refractivity contribution is -0.383. The number of aromatic nitrogens is 2. The predicted molar refractivity (Wildman–Crippen MR) is 107 cm³/mol. The topological polar surface area (TPSA) is 93.0 Å². The molecule has 7 heteroatoms. The molecule has 3 rings (SSSR count). The maximum absolute atomic E-state index is 11.8. The first kappa shape index (κ1) is 18.3. The Morgan fingerprint density at radius 1 is 0.815 bits per heavy atom. The molecule has 0 aliphatic rings. The van der Waals surface area contributed by atoms with E-state index in [0.717, 1.165) is 33.6 Å². The molecule has 0 aliphatic carbocycles. The van der Waals surface area contributed by atoms with Gasteiger partial charge < -0.3 is 10.6 Å². The average molecular weight is 363 g/mol. The highest BCUT2D eigenvalue weighted by Crippen LogP contribution is 2.34. The molecule has 0 aliphatic heterocycles. The van der Waals surface area contributed by atoms with Crippen LogP contribution in [0, 0.1) is 37.8 Å². The smallest absolute Gasteiger partial charge is 0.334 e. The zero-order valence-corrected chi connectivity index (χ0v) is 15.7. The first-order valence-electron chi connectivity index (χ1n) is 8.53. The standard InChI is InChI=1S/C20H21N5O2/c1-12-5-7-14(3)16(9-12)23-19-18(25(26)27)20(22-11-21-19)24-17-10-13(2)6-8-15(17)4/h5-11H,1-4H3,(H2,21,22,23,24). The van der Waals surface area contributed by atoms with Crippen molar-refractivity contribution < 1.29 is 4.92 Å². The molecule has 0 unspecified atom stereocenters. The second kappa shape index (κ2) is 7.41. The van der Waals surface area contributed by atoms with Crippen LogP contribution in [0.4, 0.5) is 28.7 Å². The highest BCUT2D eigenvalue weighted by Gasteiger charge is 2.24. The molecule has 27 heavy (non-hydrogen) atoms. The van der Waals surface area contributed by atoms with Crippen LogP contribution < -0.4 is 10.6 Å². The Morgan fingerprint density at radius 3 is 1.67 bits per heavy atom. The second-order valence-corrected chi connectivity index (χ2v) is 6.56. The van der Waals surface area contributed by atoms with Crippen molar-refractivity contribution in [2.24, 2.45) is 0 Å². The summed E-state index contributed by atoms with van der Waals surface area (Å²) in [6.07, 6.45) is 1.31. The van der Waals surface area contributed by atoms with Gasteiger partial charge in [0.25, 0.3) is 0 Å². The molecule has 1 heterocycles. The number of hydrogen-bond donors (Lipinski definition) is 2. The molecule has 0 spiro atoms. The van der Waals surface area contributed by atoms with E-state index in [1.165, 1.54) is 6.33 Å². The highest BCUT2D eigenvalue weighted by atomic mass is 16.6. The van der Waals surface area contributed by atoms with Gasteiger partial charge in [-0.3, -0.25) is 10.1 Å². The summed E-state index contributed by atoms with van der Waals surface area (Å²) in [5.41, 5.74) is 5.39. The van der Waals surface area contributed by atoms with Gasteiger partial charge in [-0.2, -0.15) is 0 Å². The number of rotatable bonds is 5. The Bertz CT molecular complexity index is 945. The Kier molecular flexibility index (Phi) is 5.03. The number of nitrogens with one attached hydrogen (secondary N) is 2. The summed E-state index contributed by atoms with van der Waals surface area (Å²) in [5.74, 6) is 0.299. The first-order chi connectivity index (χ1) is 12.8. The number of nitrogens with zero attached hydrogens (tertiary/aromatic N) is 3. The third-order valence-corrected chi connectivity index (χ3v) is 4.30. The van der Waals surface area contributed by atoms with E-state index < -0.39 is 4.92 Å². The van der Waals surface area contributed by atoms with Gasteiger partial charge in [0.1, 0.15) is 6.33 Å². The van der Waals surface area contributed by atoms with Crippen molar-refractivity contribution in [2.45, 2.75) is 27.7 Å². The lowest BCUT2D eigenvalue weighted by atomic mass is 10.1. The molecule has 0 fully saturated rings. The summed E-state index contributed by atoms with van der Waals surface area (Å²) in [5, 5.41) is 17.9. The van der Waals surface area contributed by atoms with Crippen LogP contribution in [0.5, 0.6) is 0 Å². The molecule has 0 radical (unpaired) electrons. The van der Waals surface area contributed by atoms with Crippen LogP contribution >= 0.6 is 0 Å². The molecule has 138 valence electrons. The van der Waals surface area contributed by atoms with E-state index in [1.54, 1.807) is 0 Å². The fraction of sp³-hybridized carbons (Fsp3) is 0.200. The van der Waals surface area contributed by atoms with Crippen molar-refractivity contribution >= 4 is 28.7 Å². The zero-order valence-electron chi connectivity index (χ0n) is 15.7. The van der Waals surface area contributed by atoms with E-state index in [4.69, 9.17) is 0 Å². The molecule has 0 bridgehead atoms. The van der Waals surface area contributed by atoms with Gasteiger partial charge in [0.2, 0.25) is 11.6 Å². The summed E-state index contributed by atoms with van der Waals surface area (Å²) in [7, 11) is 0. The molecule has 0 saturated heterocycles. The summed E-state index contributed by atoms with van der Waals surface area (Å²) >= 11 is 0. The van der Waals surface area contributed by atoms with Gasteiger partial charge in [-0.15, -0.1) is 0 Å². The number of benzene rings is 2. The van der Waals surface area contributed by atoms with Crippen LogP contribution in [-0.2, 0) is 0 Å². The van der Waals surface area contributed by atoms with E-state index in [2.05, 4.69) is 20.6 Å². The molecule has 0 saturated carbocycles. The summed E-state index contributed by atoms with van der Waals surface area (Å²) < 4.78 is 0. The lowest BCUT2D eigenvalue weighted by Crippen LogP contribution is -2.06. The molecular weight excluding hydrogens is 342 g/mol. The molecule has 7 nitrogen and oxygen atoms in total. The SMILES string of the molecule is Cc1ccc(C)c(Nc2ncnc(Nc3cc(C)ccc3C)c2[N+](=O)[O-])c1. The van der Waals surface area contributed by atoms with E-state index in [-0.39, 0.29) is 17.3 Å². The lowest BCUT2D eigenvalue weighted by Gasteiger charge is -2.13. The Balaban J connectivity index is 2.04. The van der Waals surface area contributed by atoms with Gasteiger partial charge in [-0.1, -0.05) is 24.3 Å². The third kappa shape index (κ3) is 4.03. The molecule has 3 aromatic rings. The first-order valence-corrected chi connectivity index (χ1v) is 8.53. The average Bonchev–Trinajstić information content (AvgIpc) is 2.61. The van der Waals surface area contributed by atoms with E-state index >= 15 is 0 Å². The van der Waals surface area contributed by atoms with Crippen LogP contribution in [0.2, 0.25) is 0 Å². The Morgan fingerprint density at radius 2 is 1.26 bits per heavy atom. The van der Waals surface area contributed by atoms with Crippen molar-refractivity contribution in [3.8, 4) is 0 Å². The Labute approximate surface area is 157 Å². The van der Waals surface area contributed by atoms with Crippen molar-refractivity contribution in [1.29, 1.82) is 0 Å². The maximum atomic E-state index is 11.8. The number of hydrogen-bond acceptors (Lipinski definition) is 6. The number of nitro groups is 1. The van der Waals surface area contributed by atoms with Gasteiger partial charge in [0, 0.05) is 11.4 Å². The highest BCUT2D eigenvalue weighted by molar-refractivity contribution is 5.78. The van der Waals surface area contributed by atoms with Crippen LogP contribution in [0.25, 0.3) is 0 Å². The number of aryl methyl sites for hydroxylation is 4. The quantitative estimate of drug-likeness (QED) is 0.483. The van der Waals surface area contributed by atoms with Crippen LogP contribution in [0.3, 0.4) is 0 Å². The summed E-state index contributed by atoms with van der Waals surface area (Å²) in [6, 6.07) is 11.8. The van der Waals surface area contributed by atoms with Gasteiger partial charge >= 0.3 is 5.69 Å². The van der Waals surface area contributed by atoms with E-state index in [1.807, 2.05) is 64.1 Å². The van der Waals surface area contributed by atoms with Crippen LogP contribution in [0.15, 0.2) is 42.7 Å². The summed E-state index contributed by atoms with van der Waals surface area (Å²) in [6.45, 7) is 7.80. The van der Waals surface area contributed by atoms with Crippen molar-refractivity contribution in [3.05, 3.63) is 75.1 Å². The predicted octanol–water partition coefficient (Wildman–Crippen LogP) is 5.11. The van der Waals surface area contributed by atoms with Crippen LogP contribution in [0.1, 0.15) is 22.3 Å². The molecular formula is C20H21N5O2. The summed E-state index contributed by atoms with van der Waals surface area (Å²) in [4.78, 5) is 19.5. The zero-order chi connectivity index (χ0) is 19.6. The number of anilines is 4. The van der Waals surface area contributed by atoms with Crippen LogP contribution in [-0.4, -0.2) is 14.9 Å². The molecule has 0 amide bonds. The van der Waals surface area contributed by atoms with Gasteiger partial charge in [0.15, 0.2) is 0 Å². The van der Waals surface area contributed by atoms with Crippen molar-refractivity contribution in [3.63, 3.8) is 0 Å². The fourth-order valence-corrected chi connectivity index (χ4v) is 2.73. The van der Waals surface area contributed by atoms with E-state index in [0.29, 0.717) is 0 Å². The van der Waals surface area contributed by atoms with Crippen molar-refractivity contribution in [1.82, 2.24) is 9.97 Å².